The Bertz CT molecular complexity index is 2140. The highest BCUT2D eigenvalue weighted by Crippen LogP contribution is 2.45. The summed E-state index contributed by atoms with van der Waals surface area (Å²) in [5.41, 5.74) is 6.91. The van der Waals surface area contributed by atoms with Crippen LogP contribution in [0.3, 0.4) is 0 Å². The Labute approximate surface area is 437 Å². The van der Waals surface area contributed by atoms with Crippen LogP contribution in [-0.2, 0) is 64.7 Å². The molecule has 416 valence electrons. The van der Waals surface area contributed by atoms with Crippen LogP contribution < -0.4 is 27.0 Å². The highest BCUT2D eigenvalue weighted by molar-refractivity contribution is 7.47. The lowest BCUT2D eigenvalue weighted by molar-refractivity contribution is -0.141. The van der Waals surface area contributed by atoms with E-state index < -0.39 is 85.9 Å². The van der Waals surface area contributed by atoms with Crippen molar-refractivity contribution >= 4 is 43.3 Å². The van der Waals surface area contributed by atoms with Crippen LogP contribution in [0.1, 0.15) is 137 Å². The van der Waals surface area contributed by atoms with Crippen molar-refractivity contribution in [3.8, 4) is 0 Å². The highest BCUT2D eigenvalue weighted by Gasteiger charge is 2.40. The van der Waals surface area contributed by atoms with E-state index in [1.165, 1.54) is 29.9 Å². The number of aliphatic hydroxyl groups is 1. The number of rotatable bonds is 35. The number of hydrogen-bond acceptors (Lipinski definition) is 13. The van der Waals surface area contributed by atoms with Crippen molar-refractivity contribution < 1.29 is 61.9 Å². The van der Waals surface area contributed by atoms with Gasteiger partial charge in [-0.05, 0) is 97.1 Å². The largest absolute Gasteiger partial charge is 0.472 e. The van der Waals surface area contributed by atoms with E-state index in [1.807, 2.05) is 66.7 Å². The topological polar surface area (TPSA) is 303 Å². The molecule has 0 saturated carbocycles. The molecular weight excluding hydrogens is 976 g/mol. The molecule has 22 heteroatoms. The molecular formula is C52H85N8O13P. The van der Waals surface area contributed by atoms with Crippen LogP contribution in [0.5, 0.6) is 0 Å². The third kappa shape index (κ3) is 23.7. The number of aromatic amines is 1. The number of imidazole rings is 1. The summed E-state index contributed by atoms with van der Waals surface area (Å²) in [6.45, 7) is 18.4. The second-order valence-corrected chi connectivity index (χ2v) is 22.4. The fraction of sp³-hybridized carbons (Fsp3) is 0.673. The zero-order chi connectivity index (χ0) is 55.1. The zero-order valence-corrected chi connectivity index (χ0v) is 45.7. The lowest BCUT2D eigenvalue weighted by Gasteiger charge is -2.30. The summed E-state index contributed by atoms with van der Waals surface area (Å²) in [5.74, 6) is -5.06. The van der Waals surface area contributed by atoms with E-state index in [0.29, 0.717) is 37.1 Å². The van der Waals surface area contributed by atoms with E-state index >= 15 is 0 Å². The normalized spacial score (nSPS) is 16.9. The predicted octanol–water partition coefficient (Wildman–Crippen LogP) is 4.46. The maximum Gasteiger partial charge on any atom is 0.472 e. The lowest BCUT2D eigenvalue weighted by Crippen LogP contribution is -2.61. The van der Waals surface area contributed by atoms with E-state index in [0.717, 1.165) is 44.9 Å². The molecule has 6 amide bonds. The molecule has 1 aliphatic heterocycles. The van der Waals surface area contributed by atoms with Gasteiger partial charge in [0.25, 0.3) is 0 Å². The summed E-state index contributed by atoms with van der Waals surface area (Å²) in [6.07, 6.45) is 9.69. The van der Waals surface area contributed by atoms with Crippen LogP contribution in [0.15, 0.2) is 55.0 Å². The van der Waals surface area contributed by atoms with Crippen LogP contribution in [0.25, 0.3) is 0 Å². The fourth-order valence-electron chi connectivity index (χ4n) is 8.21. The van der Waals surface area contributed by atoms with E-state index in [9.17, 15) is 43.3 Å². The molecule has 1 aromatic heterocycles. The first kappa shape index (κ1) is 63.3. The van der Waals surface area contributed by atoms with Crippen molar-refractivity contribution in [3.63, 3.8) is 0 Å². The number of phosphoric acid groups is 1. The van der Waals surface area contributed by atoms with Gasteiger partial charge in [0.2, 0.25) is 35.4 Å². The summed E-state index contributed by atoms with van der Waals surface area (Å²) in [6, 6.07) is 3.19. The Balaban J connectivity index is 1.59. The number of primary amides is 1. The number of phosphoric ester groups is 1. The van der Waals surface area contributed by atoms with E-state index in [2.05, 4.69) is 49.9 Å². The molecule has 7 atom stereocenters. The summed E-state index contributed by atoms with van der Waals surface area (Å²) in [7, 11) is -4.74. The van der Waals surface area contributed by atoms with Gasteiger partial charge < -0.3 is 56.4 Å². The minimum Gasteiger partial charge on any atom is -0.394 e. The van der Waals surface area contributed by atoms with Gasteiger partial charge in [0.05, 0.1) is 49.9 Å². The summed E-state index contributed by atoms with van der Waals surface area (Å²) >= 11 is 0. The van der Waals surface area contributed by atoms with E-state index in [1.54, 1.807) is 0 Å². The fourth-order valence-corrected chi connectivity index (χ4v) is 9.17. The van der Waals surface area contributed by atoms with Crippen molar-refractivity contribution in [2.24, 2.45) is 11.7 Å². The number of aliphatic hydroxyl groups excluding tert-OH is 1. The number of carbonyl (C=O) groups is 6. The molecule has 1 aliphatic rings. The Morgan fingerprint density at radius 1 is 0.851 bits per heavy atom. The highest BCUT2D eigenvalue weighted by atomic mass is 31.2. The maximum absolute atomic E-state index is 14.1. The second-order valence-electron chi connectivity index (χ2n) is 21.0. The zero-order valence-electron chi connectivity index (χ0n) is 44.8. The molecule has 1 fully saturated rings. The van der Waals surface area contributed by atoms with Gasteiger partial charge in [0.15, 0.2) is 0 Å². The van der Waals surface area contributed by atoms with Gasteiger partial charge in [0.1, 0.15) is 30.2 Å². The molecule has 9 N–H and O–H groups in total. The first-order valence-electron chi connectivity index (χ1n) is 25.8. The number of aryl methyl sites for hydroxylation is 1. The van der Waals surface area contributed by atoms with Gasteiger partial charge in [0, 0.05) is 31.5 Å². The van der Waals surface area contributed by atoms with Gasteiger partial charge in [-0.1, -0.05) is 82.9 Å². The average molecular weight is 1060 g/mol. The van der Waals surface area contributed by atoms with E-state index in [-0.39, 0.29) is 56.4 Å². The summed E-state index contributed by atoms with van der Waals surface area (Å²) in [4.78, 5) is 100. The molecule has 74 heavy (non-hydrogen) atoms. The van der Waals surface area contributed by atoms with Crippen molar-refractivity contribution in [1.29, 1.82) is 0 Å². The Morgan fingerprint density at radius 2 is 1.47 bits per heavy atom. The third-order valence-electron chi connectivity index (χ3n) is 12.3. The smallest absolute Gasteiger partial charge is 0.394 e. The molecule has 0 bridgehead atoms. The number of hydrogen-bond donors (Lipinski definition) is 8. The maximum atomic E-state index is 14.1. The number of amides is 6. The number of benzene rings is 1. The molecule has 0 spiro atoms. The van der Waals surface area contributed by atoms with Gasteiger partial charge in [-0.2, -0.15) is 0 Å². The minimum atomic E-state index is -4.74. The first-order valence-corrected chi connectivity index (χ1v) is 27.3. The predicted molar refractivity (Wildman–Crippen MR) is 279 cm³/mol. The number of likely N-dealkylation sites (tertiary alicyclic amines) is 1. The Kier molecular flexibility index (Phi) is 26.6. The van der Waals surface area contributed by atoms with Crippen LogP contribution in [-0.4, -0.2) is 141 Å². The van der Waals surface area contributed by atoms with Crippen molar-refractivity contribution in [3.05, 3.63) is 66.3 Å². The number of unbranched alkanes of at least 4 members (excludes halogenated alkanes) is 6. The molecule has 3 rings (SSSR count). The number of nitrogens with one attached hydrogen (secondary N) is 5. The van der Waals surface area contributed by atoms with Crippen molar-refractivity contribution in [2.75, 3.05) is 33.0 Å². The lowest BCUT2D eigenvalue weighted by atomic mass is 10.0. The van der Waals surface area contributed by atoms with Gasteiger partial charge >= 0.3 is 7.82 Å². The van der Waals surface area contributed by atoms with Crippen LogP contribution in [0.2, 0.25) is 0 Å². The van der Waals surface area contributed by atoms with Gasteiger partial charge in [-0.3, -0.25) is 37.8 Å². The number of ether oxygens (including phenoxy) is 2. The minimum absolute atomic E-state index is 0.000776. The number of H-pyrrole nitrogens is 1. The van der Waals surface area contributed by atoms with Crippen LogP contribution >= 0.6 is 7.82 Å². The van der Waals surface area contributed by atoms with Gasteiger partial charge in [-0.25, -0.2) is 9.55 Å². The SMILES string of the molecule is C=C1CCN(C(=O)CCOC(C)(C)CCOC(C)(C)C)C1C(=O)NC(CC(C)C)C(=O)NC(Cc1cnc[nH]1)C(=O)NC(CO)C(=O)NC(C(N)=O)C(C)OP(=O)(O)OCCCCCCCCCc1ccccc1. The Morgan fingerprint density at radius 3 is 2.08 bits per heavy atom. The van der Waals surface area contributed by atoms with Crippen LogP contribution in [0, 0.1) is 5.92 Å². The third-order valence-corrected chi connectivity index (χ3v) is 13.4. The van der Waals surface area contributed by atoms with Gasteiger partial charge in [-0.15, -0.1) is 0 Å². The number of aromatic nitrogens is 2. The molecule has 0 aliphatic carbocycles. The van der Waals surface area contributed by atoms with Crippen LogP contribution in [0.4, 0.5) is 0 Å². The number of nitrogens with zero attached hydrogens (tertiary/aromatic N) is 2. The van der Waals surface area contributed by atoms with E-state index in [4.69, 9.17) is 24.3 Å². The quantitative estimate of drug-likeness (QED) is 0.0269. The monoisotopic (exact) mass is 1060 g/mol. The molecule has 7 unspecified atom stereocenters. The molecule has 0 radical (unpaired) electrons. The first-order chi connectivity index (χ1) is 34.8. The standard InChI is InChI=1S/C52H85N8O13P/c1-35(2)30-40(57-50(67)45-36(3)23-26-60(45)43(62)24-28-71-52(8,9)25-29-70-51(5,6)7)47(64)56-41(31-39-32-54-34-55-39)48(65)58-42(33-61)49(66)59-44(46(53)63)37(4)73-74(68,69)72-27-19-14-12-10-11-13-16-20-38-21-17-15-18-22-38/h15,17-18,21-22,32,34-35,37,40-42,44-45,61H,3,10-14,16,19-20,23-31,33H2,1-2,4-9H3,(H2,53,63)(H,54,55)(H,56,64)(H,57,67)(H,58,65)(H,59,66)(H,68,69). The van der Waals surface area contributed by atoms with Crippen molar-refractivity contribution in [1.82, 2.24) is 36.1 Å². The number of nitrogens with two attached hydrogens (primary N) is 1. The molecule has 2 aromatic rings. The Hall–Kier alpha value is -5.02. The summed E-state index contributed by atoms with van der Waals surface area (Å²) < 4.78 is 35.0. The van der Waals surface area contributed by atoms with Crippen molar-refractivity contribution in [2.45, 2.75) is 186 Å². The molecule has 1 aromatic carbocycles. The molecule has 2 heterocycles. The average Bonchev–Trinajstić information content (AvgIpc) is 3.98. The second kappa shape index (κ2) is 31.1. The molecule has 21 nitrogen and oxygen atoms in total. The summed E-state index contributed by atoms with van der Waals surface area (Å²) in [5, 5.41) is 20.4. The number of carbonyl (C=O) groups excluding carboxylic acids is 6. The molecule has 1 saturated heterocycles.